The standard InChI is InChI=1S/C6H18Cl3NOSi3/c1-12(2,3)10(13(4,5)6)11-14(7,8)9/h1-6H3. The van der Waals surface area contributed by atoms with Gasteiger partial charge in [0, 0.05) is 0 Å². The molecule has 0 aromatic carbocycles. The summed E-state index contributed by atoms with van der Waals surface area (Å²) in [5, 5.41) is 0. The van der Waals surface area contributed by atoms with Crippen molar-refractivity contribution in [2.24, 2.45) is 0 Å². The third kappa shape index (κ3) is 6.12. The van der Waals surface area contributed by atoms with Crippen LogP contribution in [0.25, 0.3) is 0 Å². The summed E-state index contributed by atoms with van der Waals surface area (Å²) < 4.78 is 7.59. The van der Waals surface area contributed by atoms with Gasteiger partial charge in [0.2, 0.25) is 0 Å². The predicted octanol–water partition coefficient (Wildman–Crippen LogP) is 4.04. The Hall–Kier alpha value is 1.44. The fourth-order valence-corrected chi connectivity index (χ4v) is 14.3. The Morgan fingerprint density at radius 1 is 0.786 bits per heavy atom. The Kier molecular flexibility index (Phi) is 5.24. The molecule has 0 amide bonds. The fourth-order valence-electron chi connectivity index (χ4n) is 1.38. The minimum absolute atomic E-state index is 1.58. The lowest BCUT2D eigenvalue weighted by Gasteiger charge is -2.43. The highest BCUT2D eigenvalue weighted by atomic mass is 35.8. The lowest BCUT2D eigenvalue weighted by molar-refractivity contribution is 0.111. The molecule has 0 bridgehead atoms. The van der Waals surface area contributed by atoms with Crippen molar-refractivity contribution in [2.75, 3.05) is 0 Å². The smallest absolute Gasteiger partial charge is 0.307 e. The molecule has 2 nitrogen and oxygen atoms in total. The molecule has 8 heteroatoms. The summed E-state index contributed by atoms with van der Waals surface area (Å²) in [7, 11) is -3.16. The fraction of sp³-hybridized carbons (Fsp3) is 1.00. The van der Waals surface area contributed by atoms with E-state index >= 15 is 0 Å². The van der Waals surface area contributed by atoms with E-state index in [0.717, 1.165) is 0 Å². The van der Waals surface area contributed by atoms with Gasteiger partial charge in [-0.15, -0.1) is 0 Å². The molecule has 0 saturated heterocycles. The first-order chi connectivity index (χ1) is 5.84. The van der Waals surface area contributed by atoms with Crippen molar-refractivity contribution in [3.63, 3.8) is 0 Å². The van der Waals surface area contributed by atoms with Gasteiger partial charge >= 0.3 is 6.25 Å². The molecule has 0 unspecified atom stereocenters. The molecule has 0 N–H and O–H groups in total. The monoisotopic (exact) mass is 309 g/mol. The van der Waals surface area contributed by atoms with Gasteiger partial charge in [0.25, 0.3) is 0 Å². The van der Waals surface area contributed by atoms with Crippen molar-refractivity contribution in [3.05, 3.63) is 0 Å². The second kappa shape index (κ2) is 4.75. The van der Waals surface area contributed by atoms with Gasteiger partial charge in [-0.1, -0.05) is 72.5 Å². The van der Waals surface area contributed by atoms with Crippen LogP contribution in [0, 0.1) is 0 Å². The molecule has 0 heterocycles. The quantitative estimate of drug-likeness (QED) is 0.441. The maximum absolute atomic E-state index is 5.79. The van der Waals surface area contributed by atoms with Gasteiger partial charge in [-0.2, -0.15) is 0 Å². The van der Waals surface area contributed by atoms with Crippen LogP contribution >= 0.6 is 33.2 Å². The van der Waals surface area contributed by atoms with Gasteiger partial charge < -0.3 is 4.53 Å². The summed E-state index contributed by atoms with van der Waals surface area (Å²) in [6.07, 6.45) is -3.03. The lowest BCUT2D eigenvalue weighted by Crippen LogP contribution is -2.60. The predicted molar refractivity (Wildman–Crippen MR) is 72.9 cm³/mol. The second-order valence-electron chi connectivity index (χ2n) is 5.17. The Morgan fingerprint density at radius 3 is 1.14 bits per heavy atom. The molecule has 0 aliphatic rings. The van der Waals surface area contributed by atoms with Crippen LogP contribution in [0.3, 0.4) is 0 Å². The van der Waals surface area contributed by atoms with E-state index in [1.54, 1.807) is 0 Å². The van der Waals surface area contributed by atoms with Gasteiger partial charge in [-0.05, 0) is 0 Å². The third-order valence-corrected chi connectivity index (χ3v) is 9.43. The summed E-state index contributed by atoms with van der Waals surface area (Å²) in [5.41, 5.74) is 0. The van der Waals surface area contributed by atoms with Gasteiger partial charge in [-0.3, -0.25) is 0 Å². The Morgan fingerprint density at radius 2 is 1.07 bits per heavy atom. The van der Waals surface area contributed by atoms with Crippen LogP contribution in [0.5, 0.6) is 0 Å². The van der Waals surface area contributed by atoms with E-state index < -0.39 is 22.7 Å². The Bertz CT molecular complexity index is 182. The van der Waals surface area contributed by atoms with Gasteiger partial charge in [0.15, 0.2) is 0 Å². The van der Waals surface area contributed by atoms with Crippen molar-refractivity contribution in [2.45, 2.75) is 39.3 Å². The molecule has 0 saturated carbocycles. The minimum atomic E-state index is -3.03. The zero-order chi connectivity index (χ0) is 11.8. The third-order valence-electron chi connectivity index (χ3n) is 1.41. The first-order valence-electron chi connectivity index (χ1n) is 4.40. The topological polar surface area (TPSA) is 12.5 Å². The van der Waals surface area contributed by atoms with E-state index in [1.165, 1.54) is 0 Å². The molecule has 0 fully saturated rings. The highest BCUT2D eigenvalue weighted by molar-refractivity contribution is 7.62. The largest absolute Gasteiger partial charge is 0.509 e. The zero-order valence-corrected chi connectivity index (χ0v) is 14.8. The van der Waals surface area contributed by atoms with Crippen LogP contribution in [0.2, 0.25) is 39.3 Å². The maximum atomic E-state index is 5.79. The van der Waals surface area contributed by atoms with Crippen LogP contribution < -0.4 is 0 Å². The summed E-state index contributed by atoms with van der Waals surface area (Å²) in [5.74, 6) is 0. The molecule has 86 valence electrons. The van der Waals surface area contributed by atoms with E-state index in [-0.39, 0.29) is 0 Å². The normalized spacial score (nSPS) is 15.0. The molecular formula is C6H18Cl3NOSi3. The highest BCUT2D eigenvalue weighted by Crippen LogP contribution is 2.29. The molecule has 0 rings (SSSR count). The zero-order valence-electron chi connectivity index (χ0n) is 9.49. The van der Waals surface area contributed by atoms with Crippen molar-refractivity contribution in [1.29, 1.82) is 0 Å². The average Bonchev–Trinajstić information content (AvgIpc) is 1.75. The minimum Gasteiger partial charge on any atom is -0.307 e. The van der Waals surface area contributed by atoms with E-state index in [9.17, 15) is 0 Å². The van der Waals surface area contributed by atoms with E-state index in [1.807, 2.05) is 4.39 Å². The van der Waals surface area contributed by atoms with Crippen LogP contribution in [0.15, 0.2) is 0 Å². The summed E-state index contributed by atoms with van der Waals surface area (Å²) in [6, 6.07) is 0. The molecule has 14 heavy (non-hydrogen) atoms. The van der Waals surface area contributed by atoms with Crippen LogP contribution in [-0.2, 0) is 4.53 Å². The van der Waals surface area contributed by atoms with E-state index in [2.05, 4.69) is 39.3 Å². The molecule has 0 spiro atoms. The number of hydrogen-bond acceptors (Lipinski definition) is 2. The molecular weight excluding hydrogens is 293 g/mol. The van der Waals surface area contributed by atoms with E-state index in [4.69, 9.17) is 37.8 Å². The van der Waals surface area contributed by atoms with Crippen LogP contribution in [-0.4, -0.2) is 27.1 Å². The van der Waals surface area contributed by atoms with Gasteiger partial charge in [0.1, 0.15) is 16.5 Å². The first-order valence-corrected chi connectivity index (χ1v) is 16.2. The summed E-state index contributed by atoms with van der Waals surface area (Å²) in [4.78, 5) is 0. The molecule has 0 aromatic rings. The van der Waals surface area contributed by atoms with Crippen molar-refractivity contribution in [1.82, 2.24) is 4.39 Å². The molecule has 0 atom stereocenters. The van der Waals surface area contributed by atoms with Crippen LogP contribution in [0.1, 0.15) is 0 Å². The van der Waals surface area contributed by atoms with Gasteiger partial charge in [0.05, 0.1) is 0 Å². The highest BCUT2D eigenvalue weighted by Gasteiger charge is 2.42. The SMILES string of the molecule is C[Si](C)(C)N(O[Si](Cl)(Cl)Cl)[Si](C)(C)C. The summed E-state index contributed by atoms with van der Waals surface area (Å²) in [6.45, 7) is 13.1. The average molecular weight is 311 g/mol. The molecule has 0 aromatic heterocycles. The number of nitrogens with zero attached hydrogens (tertiary/aromatic N) is 1. The number of hydrogen-bond donors (Lipinski definition) is 0. The summed E-state index contributed by atoms with van der Waals surface area (Å²) >= 11 is 17.4. The second-order valence-corrected chi connectivity index (χ2v) is 22.7. The van der Waals surface area contributed by atoms with Crippen molar-refractivity contribution in [3.8, 4) is 0 Å². The lowest BCUT2D eigenvalue weighted by atomic mass is 11.8. The number of halogens is 3. The first kappa shape index (κ1) is 15.4. The Balaban J connectivity index is 4.78. The molecule has 0 aliphatic heterocycles. The van der Waals surface area contributed by atoms with Crippen molar-refractivity contribution >= 4 is 56.0 Å². The van der Waals surface area contributed by atoms with Crippen molar-refractivity contribution < 1.29 is 4.53 Å². The Labute approximate surface area is 104 Å². The maximum Gasteiger partial charge on any atom is 0.509 e. The van der Waals surface area contributed by atoms with Crippen LogP contribution in [0.4, 0.5) is 0 Å². The molecule has 0 radical (unpaired) electrons. The molecule has 0 aliphatic carbocycles. The number of rotatable bonds is 4. The van der Waals surface area contributed by atoms with E-state index in [0.29, 0.717) is 0 Å². The van der Waals surface area contributed by atoms with Gasteiger partial charge in [-0.25, -0.2) is 4.39 Å².